The van der Waals surface area contributed by atoms with Gasteiger partial charge in [0.15, 0.2) is 0 Å². The molecule has 5 heteroatoms. The Morgan fingerprint density at radius 1 is 1.00 bits per heavy atom. The zero-order valence-corrected chi connectivity index (χ0v) is 21.0. The number of hydrogen-bond donors (Lipinski definition) is 0. The number of ether oxygens (including phenoxy) is 2. The van der Waals surface area contributed by atoms with E-state index in [1.807, 2.05) is 25.5 Å². The molecule has 3 aromatic carbocycles. The van der Waals surface area contributed by atoms with Crippen LogP contribution in [0.25, 0.3) is 11.1 Å². The van der Waals surface area contributed by atoms with Gasteiger partial charge < -0.3 is 14.0 Å². The SMILES string of the molecule is COc1ccc(F)c(-c2ccc3c(c2)CCC3Oc2cccc([C@@H](CP(C)(C)=O)C3CC3)c2)c1. The Bertz CT molecular complexity index is 1240. The highest BCUT2D eigenvalue weighted by Gasteiger charge is 2.35. The summed E-state index contributed by atoms with van der Waals surface area (Å²) in [6, 6.07) is 19.3. The monoisotopic (exact) mass is 478 g/mol. The fraction of sp³-hybridized carbons (Fsp3) is 0.379. The van der Waals surface area contributed by atoms with E-state index in [-0.39, 0.29) is 11.9 Å². The van der Waals surface area contributed by atoms with E-state index in [2.05, 4.69) is 30.3 Å². The molecular weight excluding hydrogens is 446 g/mol. The van der Waals surface area contributed by atoms with Crippen molar-refractivity contribution in [3.63, 3.8) is 0 Å². The van der Waals surface area contributed by atoms with Crippen LogP contribution in [-0.2, 0) is 11.0 Å². The van der Waals surface area contributed by atoms with E-state index in [4.69, 9.17) is 9.47 Å². The molecule has 2 atom stereocenters. The van der Waals surface area contributed by atoms with Crippen molar-refractivity contribution < 1.29 is 18.4 Å². The van der Waals surface area contributed by atoms with Gasteiger partial charge in [-0.15, -0.1) is 0 Å². The first-order valence-electron chi connectivity index (χ1n) is 12.1. The summed E-state index contributed by atoms with van der Waals surface area (Å²) in [4.78, 5) is 0. The van der Waals surface area contributed by atoms with Crippen LogP contribution in [0.5, 0.6) is 11.5 Å². The van der Waals surface area contributed by atoms with Gasteiger partial charge in [0.05, 0.1) is 14.3 Å². The summed E-state index contributed by atoms with van der Waals surface area (Å²) in [6.07, 6.45) is 4.99. The molecule has 3 aromatic rings. The number of hydrogen-bond acceptors (Lipinski definition) is 3. The Morgan fingerprint density at radius 3 is 2.56 bits per heavy atom. The molecule has 3 nitrogen and oxygen atoms in total. The van der Waals surface area contributed by atoms with Gasteiger partial charge in [-0.25, -0.2) is 4.39 Å². The van der Waals surface area contributed by atoms with Crippen LogP contribution >= 0.6 is 7.14 Å². The first-order chi connectivity index (χ1) is 16.3. The maximum absolute atomic E-state index is 14.5. The molecule has 1 unspecified atom stereocenters. The minimum Gasteiger partial charge on any atom is -0.497 e. The number of halogens is 1. The number of benzene rings is 3. The molecule has 2 aliphatic rings. The lowest BCUT2D eigenvalue weighted by Gasteiger charge is -2.21. The highest BCUT2D eigenvalue weighted by molar-refractivity contribution is 7.62. The average Bonchev–Trinajstić information content (AvgIpc) is 3.59. The zero-order chi connectivity index (χ0) is 23.9. The Hall–Kier alpha value is -2.58. The largest absolute Gasteiger partial charge is 0.497 e. The van der Waals surface area contributed by atoms with E-state index < -0.39 is 7.14 Å². The van der Waals surface area contributed by atoms with E-state index in [1.54, 1.807) is 19.2 Å². The molecule has 0 saturated heterocycles. The van der Waals surface area contributed by atoms with Gasteiger partial charge in [0.25, 0.3) is 0 Å². The van der Waals surface area contributed by atoms with Gasteiger partial charge in [-0.05, 0) is 103 Å². The summed E-state index contributed by atoms with van der Waals surface area (Å²) in [5.41, 5.74) is 5.02. The number of rotatable bonds is 8. The molecular formula is C29H32FO3P. The van der Waals surface area contributed by atoms with Gasteiger partial charge in [-0.1, -0.05) is 30.3 Å². The molecule has 1 saturated carbocycles. The second-order valence-electron chi connectivity index (χ2n) is 10.2. The van der Waals surface area contributed by atoms with Crippen molar-refractivity contribution in [1.29, 1.82) is 0 Å². The Balaban J connectivity index is 1.36. The third-order valence-corrected chi connectivity index (χ3v) is 8.32. The van der Waals surface area contributed by atoms with Crippen LogP contribution in [0.4, 0.5) is 4.39 Å². The lowest BCUT2D eigenvalue weighted by atomic mass is 9.96. The second-order valence-corrected chi connectivity index (χ2v) is 13.7. The average molecular weight is 479 g/mol. The Labute approximate surface area is 201 Å². The predicted octanol–water partition coefficient (Wildman–Crippen LogP) is 7.68. The predicted molar refractivity (Wildman–Crippen MR) is 136 cm³/mol. The van der Waals surface area contributed by atoms with Crippen molar-refractivity contribution in [3.05, 3.63) is 83.2 Å². The number of fused-ring (bicyclic) bond motifs is 1. The maximum atomic E-state index is 14.5. The first kappa shape index (κ1) is 23.2. The van der Waals surface area contributed by atoms with Gasteiger partial charge in [-0.3, -0.25) is 0 Å². The minimum absolute atomic E-state index is 0.0164. The minimum atomic E-state index is -2.10. The molecule has 178 valence electrons. The fourth-order valence-corrected chi connectivity index (χ4v) is 6.66. The fourth-order valence-electron chi connectivity index (χ4n) is 5.20. The van der Waals surface area contributed by atoms with E-state index >= 15 is 0 Å². The maximum Gasteiger partial charge on any atom is 0.131 e. The molecule has 0 aliphatic heterocycles. The van der Waals surface area contributed by atoms with Gasteiger partial charge in [0.1, 0.15) is 23.4 Å². The van der Waals surface area contributed by atoms with Crippen molar-refractivity contribution in [3.8, 4) is 22.6 Å². The van der Waals surface area contributed by atoms with Crippen molar-refractivity contribution >= 4 is 7.14 Å². The smallest absolute Gasteiger partial charge is 0.131 e. The molecule has 0 spiro atoms. The highest BCUT2D eigenvalue weighted by atomic mass is 31.2. The van der Waals surface area contributed by atoms with Crippen molar-refractivity contribution in [2.45, 2.75) is 37.7 Å². The molecule has 1 fully saturated rings. The van der Waals surface area contributed by atoms with Crippen molar-refractivity contribution in [1.82, 2.24) is 0 Å². The number of aryl methyl sites for hydroxylation is 1. The van der Waals surface area contributed by atoms with Crippen LogP contribution < -0.4 is 9.47 Å². The quantitative estimate of drug-likeness (QED) is 0.312. The molecule has 0 amide bonds. The van der Waals surface area contributed by atoms with Gasteiger partial charge >= 0.3 is 0 Å². The summed E-state index contributed by atoms with van der Waals surface area (Å²) in [6.45, 7) is 3.79. The van der Waals surface area contributed by atoms with Crippen LogP contribution in [0.1, 0.15) is 48.0 Å². The summed E-state index contributed by atoms with van der Waals surface area (Å²) in [5, 5.41) is 0. The van der Waals surface area contributed by atoms with Crippen LogP contribution in [0.2, 0.25) is 0 Å². The van der Waals surface area contributed by atoms with Crippen LogP contribution in [-0.4, -0.2) is 26.6 Å². The first-order valence-corrected chi connectivity index (χ1v) is 14.9. The molecule has 0 radical (unpaired) electrons. The standard InChI is InChI=1S/C29H32FO3P/c1-32-23-11-13-28(30)26(17-23)22-9-12-25-21(15-22)10-14-29(25)33-24-6-4-5-20(16-24)27(19-7-8-19)18-34(2,3)31/h4-6,9,11-13,15-17,19,27,29H,7-8,10,14,18H2,1-3H3/t27-,29?/m0/s1. The normalized spacial score (nSPS) is 18.4. The summed E-state index contributed by atoms with van der Waals surface area (Å²) < 4.78 is 38.8. The molecule has 0 bridgehead atoms. The highest BCUT2D eigenvalue weighted by Crippen LogP contribution is 2.51. The summed E-state index contributed by atoms with van der Waals surface area (Å²) >= 11 is 0. The van der Waals surface area contributed by atoms with Crippen LogP contribution in [0.15, 0.2) is 60.7 Å². The molecule has 0 aromatic heterocycles. The lowest BCUT2D eigenvalue weighted by molar-refractivity contribution is 0.207. The lowest BCUT2D eigenvalue weighted by Crippen LogP contribution is -2.08. The van der Waals surface area contributed by atoms with E-state index in [0.29, 0.717) is 23.1 Å². The molecule has 0 heterocycles. The number of methoxy groups -OCH3 is 1. The van der Waals surface area contributed by atoms with Gasteiger partial charge in [0, 0.05) is 11.7 Å². The van der Waals surface area contributed by atoms with Crippen molar-refractivity contribution in [2.75, 3.05) is 26.6 Å². The second kappa shape index (κ2) is 9.23. The zero-order valence-electron chi connectivity index (χ0n) is 20.1. The van der Waals surface area contributed by atoms with E-state index in [0.717, 1.165) is 30.3 Å². The third-order valence-electron chi connectivity index (χ3n) is 7.04. The summed E-state index contributed by atoms with van der Waals surface area (Å²) in [7, 11) is -0.514. The molecule has 2 aliphatic carbocycles. The topological polar surface area (TPSA) is 35.5 Å². The molecule has 5 rings (SSSR count). The Kier molecular flexibility index (Phi) is 6.29. The van der Waals surface area contributed by atoms with Crippen molar-refractivity contribution in [2.24, 2.45) is 5.92 Å². The van der Waals surface area contributed by atoms with Crippen LogP contribution in [0.3, 0.4) is 0 Å². The van der Waals surface area contributed by atoms with E-state index in [9.17, 15) is 8.96 Å². The van der Waals surface area contributed by atoms with Crippen LogP contribution in [0, 0.1) is 11.7 Å². The van der Waals surface area contributed by atoms with E-state index in [1.165, 1.54) is 35.6 Å². The van der Waals surface area contributed by atoms with Gasteiger partial charge in [0.2, 0.25) is 0 Å². The molecule has 34 heavy (non-hydrogen) atoms. The molecule has 0 N–H and O–H groups in total. The third kappa shape index (κ3) is 5.08. The summed E-state index contributed by atoms with van der Waals surface area (Å²) in [5.74, 6) is 2.25. The van der Waals surface area contributed by atoms with Gasteiger partial charge in [-0.2, -0.15) is 0 Å². The Morgan fingerprint density at radius 2 is 1.82 bits per heavy atom.